The minimum atomic E-state index is -0.481. The van der Waals surface area contributed by atoms with Crippen molar-refractivity contribution >= 4 is 5.78 Å². The molecule has 2 fully saturated rings. The van der Waals surface area contributed by atoms with E-state index in [-0.39, 0.29) is 30.3 Å². The summed E-state index contributed by atoms with van der Waals surface area (Å²) in [6, 6.07) is 7.72. The lowest BCUT2D eigenvalue weighted by Crippen LogP contribution is -2.53. The number of methoxy groups -OCH3 is 2. The van der Waals surface area contributed by atoms with Gasteiger partial charge in [-0.05, 0) is 73.8 Å². The maximum Gasteiger partial charge on any atom is 0.146 e. The Hall–Kier alpha value is -1.85. The van der Waals surface area contributed by atoms with Crippen LogP contribution in [-0.4, -0.2) is 39.0 Å². The van der Waals surface area contributed by atoms with Gasteiger partial charge in [-0.1, -0.05) is 26.3 Å². The van der Waals surface area contributed by atoms with Crippen molar-refractivity contribution in [2.24, 2.45) is 22.7 Å². The molecule has 0 spiro atoms. The first-order valence-corrected chi connectivity index (χ1v) is 12.0. The highest BCUT2D eigenvalue weighted by Gasteiger charge is 2.54. The molecule has 4 rings (SSSR count). The Morgan fingerprint density at radius 3 is 2.44 bits per heavy atom. The van der Waals surface area contributed by atoms with Gasteiger partial charge in [-0.2, -0.15) is 0 Å². The molecule has 3 aliphatic carbocycles. The zero-order valence-corrected chi connectivity index (χ0v) is 20.2. The number of Topliss-reactive ketones (excluding diaryl/α,β-unsaturated/α-hetero) is 1. The molecule has 5 heteroatoms. The fourth-order valence-electron chi connectivity index (χ4n) is 6.28. The first-order valence-electron chi connectivity index (χ1n) is 12.0. The molecule has 0 aliphatic heterocycles. The van der Waals surface area contributed by atoms with E-state index < -0.39 is 5.41 Å². The van der Waals surface area contributed by atoms with Crippen molar-refractivity contribution in [3.8, 4) is 11.5 Å². The number of hydrogen-bond acceptors (Lipinski definition) is 5. The SMILES string of the molecule is COCO[C@H]1CCC[C@@]2(C)C(=O)C[C@H]3CC/C(=C/[C@@H](Oc4ccc(OC)cc4)[C@@H]12)C3(C)C. The lowest BCUT2D eigenvalue weighted by Gasteiger charge is -2.47. The van der Waals surface area contributed by atoms with Crippen LogP contribution in [0.15, 0.2) is 35.9 Å². The molecule has 1 aromatic rings. The molecule has 32 heavy (non-hydrogen) atoms. The number of rotatable bonds is 6. The van der Waals surface area contributed by atoms with Gasteiger partial charge in [-0.25, -0.2) is 0 Å². The van der Waals surface area contributed by atoms with Gasteiger partial charge in [0.05, 0.1) is 13.2 Å². The van der Waals surface area contributed by atoms with Gasteiger partial charge in [0.15, 0.2) is 0 Å². The number of carbonyl (C=O) groups excluding carboxylic acids is 1. The van der Waals surface area contributed by atoms with Crippen LogP contribution in [-0.2, 0) is 14.3 Å². The molecule has 0 amide bonds. The zero-order valence-electron chi connectivity index (χ0n) is 20.2. The van der Waals surface area contributed by atoms with Gasteiger partial charge in [0.2, 0.25) is 0 Å². The molecule has 5 atom stereocenters. The van der Waals surface area contributed by atoms with Gasteiger partial charge in [-0.3, -0.25) is 4.79 Å². The van der Waals surface area contributed by atoms with Crippen molar-refractivity contribution in [3.63, 3.8) is 0 Å². The summed E-state index contributed by atoms with van der Waals surface area (Å²) in [6.45, 7) is 6.97. The smallest absolute Gasteiger partial charge is 0.146 e. The van der Waals surface area contributed by atoms with Crippen molar-refractivity contribution in [2.45, 2.75) is 71.5 Å². The van der Waals surface area contributed by atoms with E-state index in [2.05, 4.69) is 26.8 Å². The van der Waals surface area contributed by atoms with Gasteiger partial charge < -0.3 is 18.9 Å². The van der Waals surface area contributed by atoms with E-state index in [9.17, 15) is 4.79 Å². The van der Waals surface area contributed by atoms with Gasteiger partial charge in [0, 0.05) is 24.9 Å². The maximum atomic E-state index is 13.9. The van der Waals surface area contributed by atoms with Crippen molar-refractivity contribution in [1.82, 2.24) is 0 Å². The van der Waals surface area contributed by atoms with Crippen molar-refractivity contribution in [1.29, 1.82) is 0 Å². The highest BCUT2D eigenvalue weighted by Crippen LogP contribution is 2.55. The molecule has 2 saturated carbocycles. The van der Waals surface area contributed by atoms with Crippen LogP contribution >= 0.6 is 0 Å². The van der Waals surface area contributed by atoms with Crippen LogP contribution in [0.4, 0.5) is 0 Å². The third kappa shape index (κ3) is 4.22. The van der Waals surface area contributed by atoms with Crippen LogP contribution in [0.3, 0.4) is 0 Å². The molecule has 176 valence electrons. The van der Waals surface area contributed by atoms with Crippen LogP contribution in [0.25, 0.3) is 0 Å². The molecule has 0 aromatic heterocycles. The number of ether oxygens (including phenoxy) is 4. The summed E-state index contributed by atoms with van der Waals surface area (Å²) in [5.41, 5.74) is 0.934. The van der Waals surface area contributed by atoms with Gasteiger partial charge in [0.1, 0.15) is 30.2 Å². The number of benzene rings is 1. The van der Waals surface area contributed by atoms with E-state index >= 15 is 0 Å². The van der Waals surface area contributed by atoms with Crippen LogP contribution in [0.1, 0.15) is 59.3 Å². The van der Waals surface area contributed by atoms with Crippen molar-refractivity contribution < 1.29 is 23.7 Å². The molecule has 1 aromatic carbocycles. The van der Waals surface area contributed by atoms with Gasteiger partial charge in [-0.15, -0.1) is 0 Å². The predicted octanol–water partition coefficient (Wildman–Crippen LogP) is 5.57. The first kappa shape index (κ1) is 23.3. The third-order valence-corrected chi connectivity index (χ3v) is 8.45. The topological polar surface area (TPSA) is 54.0 Å². The Kier molecular flexibility index (Phi) is 6.69. The number of carbonyl (C=O) groups is 1. The number of allylic oxidation sites excluding steroid dienone is 1. The highest BCUT2D eigenvalue weighted by atomic mass is 16.7. The summed E-state index contributed by atoms with van der Waals surface area (Å²) >= 11 is 0. The number of hydrogen-bond donors (Lipinski definition) is 0. The van der Waals surface area contributed by atoms with E-state index in [1.165, 1.54) is 5.57 Å². The molecule has 3 aliphatic rings. The fraction of sp³-hybridized carbons (Fsp3) is 0.667. The molecule has 0 radical (unpaired) electrons. The molecular formula is C27H38O5. The Bertz CT molecular complexity index is 842. The second-order valence-electron chi connectivity index (χ2n) is 10.5. The normalized spacial score (nSPS) is 35.7. The third-order valence-electron chi connectivity index (χ3n) is 8.45. The van der Waals surface area contributed by atoms with Gasteiger partial charge in [0.25, 0.3) is 0 Å². The first-order chi connectivity index (χ1) is 15.3. The lowest BCUT2D eigenvalue weighted by atomic mass is 9.60. The van der Waals surface area contributed by atoms with Crippen molar-refractivity contribution in [3.05, 3.63) is 35.9 Å². The Labute approximate surface area is 192 Å². The predicted molar refractivity (Wildman–Crippen MR) is 124 cm³/mol. The van der Waals surface area contributed by atoms with Crippen molar-refractivity contribution in [2.75, 3.05) is 21.0 Å². The molecule has 0 N–H and O–H groups in total. The van der Waals surface area contributed by atoms with Crippen LogP contribution in [0.5, 0.6) is 11.5 Å². The quantitative estimate of drug-likeness (QED) is 0.426. The van der Waals surface area contributed by atoms with E-state index in [0.29, 0.717) is 18.1 Å². The van der Waals surface area contributed by atoms with E-state index in [4.69, 9.17) is 18.9 Å². The fourth-order valence-corrected chi connectivity index (χ4v) is 6.28. The molecule has 0 unspecified atom stereocenters. The average molecular weight is 443 g/mol. The molecule has 0 saturated heterocycles. The molecule has 0 heterocycles. The molecule has 2 bridgehead atoms. The minimum Gasteiger partial charge on any atom is -0.497 e. The summed E-state index contributed by atoms with van der Waals surface area (Å²) in [4.78, 5) is 13.9. The average Bonchev–Trinajstić information content (AvgIpc) is 3.05. The Morgan fingerprint density at radius 2 is 1.75 bits per heavy atom. The number of ketones is 1. The van der Waals surface area contributed by atoms with Crippen LogP contribution in [0.2, 0.25) is 0 Å². The molecular weight excluding hydrogens is 404 g/mol. The van der Waals surface area contributed by atoms with Crippen LogP contribution < -0.4 is 9.47 Å². The summed E-state index contributed by atoms with van der Waals surface area (Å²) < 4.78 is 23.4. The zero-order chi connectivity index (χ0) is 22.9. The Balaban J connectivity index is 1.78. The monoisotopic (exact) mass is 442 g/mol. The standard InChI is InChI=1S/C27H38O5/c1-26(2)18-8-9-19(26)16-24(28)27(3)14-6-7-22(31-17-29-4)25(27)23(15-18)32-21-12-10-20(30-5)11-13-21/h10-13,15,19,22-23,25H,6-9,14,16-17H2,1-5H3/b18-15-/t19-,22+,23-,25-,27+/m1/s1. The summed E-state index contributed by atoms with van der Waals surface area (Å²) in [5.74, 6) is 2.27. The van der Waals surface area contributed by atoms with Crippen LogP contribution in [0, 0.1) is 22.7 Å². The maximum absolute atomic E-state index is 13.9. The highest BCUT2D eigenvalue weighted by molar-refractivity contribution is 5.85. The van der Waals surface area contributed by atoms with Gasteiger partial charge >= 0.3 is 0 Å². The second-order valence-corrected chi connectivity index (χ2v) is 10.5. The summed E-state index contributed by atoms with van der Waals surface area (Å²) in [6.07, 6.45) is 7.52. The second kappa shape index (κ2) is 9.18. The summed E-state index contributed by atoms with van der Waals surface area (Å²) in [7, 11) is 3.30. The van der Waals surface area contributed by atoms with E-state index in [1.54, 1.807) is 14.2 Å². The lowest BCUT2D eigenvalue weighted by molar-refractivity contribution is -0.162. The number of fused-ring (bicyclic) bond motifs is 3. The van der Waals surface area contributed by atoms with E-state index in [0.717, 1.165) is 43.6 Å². The summed E-state index contributed by atoms with van der Waals surface area (Å²) in [5, 5.41) is 0. The molecule has 5 nitrogen and oxygen atoms in total. The van der Waals surface area contributed by atoms with E-state index in [1.807, 2.05) is 24.3 Å². The Morgan fingerprint density at radius 1 is 1.03 bits per heavy atom. The largest absolute Gasteiger partial charge is 0.497 e. The minimum absolute atomic E-state index is 0.00388.